The Morgan fingerprint density at radius 1 is 1.00 bits per heavy atom. The lowest BCUT2D eigenvalue weighted by Crippen LogP contribution is -2.34. The molecule has 5 nitrogen and oxygen atoms in total. The first-order valence-corrected chi connectivity index (χ1v) is 8.24. The van der Waals surface area contributed by atoms with Gasteiger partial charge >= 0.3 is 0 Å². The molecule has 0 bridgehead atoms. The Bertz CT molecular complexity index is 703. The Morgan fingerprint density at radius 2 is 1.79 bits per heavy atom. The van der Waals surface area contributed by atoms with Crippen molar-refractivity contribution in [3.8, 4) is 11.5 Å². The van der Waals surface area contributed by atoms with E-state index >= 15 is 0 Å². The molecular weight excluding hydrogens is 302 g/mol. The van der Waals surface area contributed by atoms with Crippen molar-refractivity contribution in [2.45, 2.75) is 6.42 Å². The fourth-order valence-electron chi connectivity index (χ4n) is 2.83. The van der Waals surface area contributed by atoms with Crippen molar-refractivity contribution in [1.82, 2.24) is 9.80 Å². The van der Waals surface area contributed by atoms with Gasteiger partial charge in [-0.25, -0.2) is 0 Å². The van der Waals surface area contributed by atoms with E-state index in [1.165, 1.54) is 0 Å². The number of anilines is 1. The van der Waals surface area contributed by atoms with Crippen LogP contribution in [0.15, 0.2) is 48.5 Å². The molecule has 3 rings (SSSR count). The molecule has 1 aliphatic rings. The van der Waals surface area contributed by atoms with Gasteiger partial charge in [0.1, 0.15) is 11.5 Å². The average molecular weight is 325 g/mol. The third kappa shape index (κ3) is 3.86. The summed E-state index contributed by atoms with van der Waals surface area (Å²) in [5, 5.41) is 0. The molecule has 2 N–H and O–H groups in total. The van der Waals surface area contributed by atoms with Crippen LogP contribution in [-0.4, -0.2) is 48.9 Å². The van der Waals surface area contributed by atoms with E-state index in [1.807, 2.05) is 35.2 Å². The van der Waals surface area contributed by atoms with Crippen molar-refractivity contribution in [1.29, 1.82) is 0 Å². The number of likely N-dealkylation sites (N-methyl/N-ethyl adjacent to an activating group) is 1. The average Bonchev–Trinajstić information content (AvgIpc) is 2.81. The summed E-state index contributed by atoms with van der Waals surface area (Å²) in [7, 11) is 2.08. The topological polar surface area (TPSA) is 58.8 Å². The number of benzene rings is 2. The predicted molar refractivity (Wildman–Crippen MR) is 95.4 cm³/mol. The van der Waals surface area contributed by atoms with Crippen LogP contribution in [0.1, 0.15) is 16.8 Å². The fourth-order valence-corrected chi connectivity index (χ4v) is 2.83. The molecule has 0 aromatic heterocycles. The molecule has 1 aliphatic heterocycles. The van der Waals surface area contributed by atoms with E-state index in [0.29, 0.717) is 17.0 Å². The summed E-state index contributed by atoms with van der Waals surface area (Å²) in [5.41, 5.74) is 7.03. The quantitative estimate of drug-likeness (QED) is 0.882. The minimum atomic E-state index is -0.0266. The third-order valence-electron chi connectivity index (χ3n) is 4.24. The number of hydrogen-bond acceptors (Lipinski definition) is 4. The van der Waals surface area contributed by atoms with Crippen LogP contribution in [0.3, 0.4) is 0 Å². The van der Waals surface area contributed by atoms with Crippen LogP contribution in [0.2, 0.25) is 0 Å². The first kappa shape index (κ1) is 16.3. The van der Waals surface area contributed by atoms with E-state index in [1.54, 1.807) is 18.2 Å². The molecule has 0 saturated carbocycles. The van der Waals surface area contributed by atoms with Crippen LogP contribution in [0.25, 0.3) is 0 Å². The number of amides is 1. The molecule has 2 aromatic carbocycles. The molecule has 1 heterocycles. The lowest BCUT2D eigenvalue weighted by atomic mass is 10.1. The summed E-state index contributed by atoms with van der Waals surface area (Å²) in [6.45, 7) is 3.37. The third-order valence-corrected chi connectivity index (χ3v) is 4.24. The molecule has 2 aromatic rings. The second-order valence-corrected chi connectivity index (χ2v) is 6.11. The first-order chi connectivity index (χ1) is 11.6. The minimum Gasteiger partial charge on any atom is -0.457 e. The fraction of sp³-hybridized carbons (Fsp3) is 0.316. The second kappa shape index (κ2) is 7.36. The van der Waals surface area contributed by atoms with Gasteiger partial charge in [-0.1, -0.05) is 18.2 Å². The van der Waals surface area contributed by atoms with Gasteiger partial charge in [-0.15, -0.1) is 0 Å². The van der Waals surface area contributed by atoms with Crippen LogP contribution in [0.5, 0.6) is 11.5 Å². The highest BCUT2D eigenvalue weighted by Gasteiger charge is 2.21. The first-order valence-electron chi connectivity index (χ1n) is 8.24. The lowest BCUT2D eigenvalue weighted by Gasteiger charge is -2.21. The number of para-hydroxylation sites is 1. The van der Waals surface area contributed by atoms with Crippen LogP contribution in [0, 0.1) is 0 Å². The van der Waals surface area contributed by atoms with E-state index in [2.05, 4.69) is 11.9 Å². The van der Waals surface area contributed by atoms with Crippen LogP contribution < -0.4 is 10.5 Å². The zero-order chi connectivity index (χ0) is 16.9. The zero-order valence-electron chi connectivity index (χ0n) is 13.9. The molecule has 5 heteroatoms. The summed E-state index contributed by atoms with van der Waals surface area (Å²) >= 11 is 0. The van der Waals surface area contributed by atoms with Crippen LogP contribution >= 0.6 is 0 Å². The van der Waals surface area contributed by atoms with Crippen LogP contribution in [0.4, 0.5) is 5.69 Å². The van der Waals surface area contributed by atoms with Gasteiger partial charge in [0.2, 0.25) is 0 Å². The zero-order valence-corrected chi connectivity index (χ0v) is 13.9. The van der Waals surface area contributed by atoms with E-state index in [4.69, 9.17) is 10.5 Å². The number of rotatable bonds is 3. The molecule has 0 spiro atoms. The van der Waals surface area contributed by atoms with Gasteiger partial charge in [-0.3, -0.25) is 4.79 Å². The molecule has 0 unspecified atom stereocenters. The van der Waals surface area contributed by atoms with E-state index in [9.17, 15) is 4.79 Å². The standard InChI is InChI=1S/C19H23N3O2/c1-21-10-5-11-22(13-12-21)19(23)17-14-16(8-9-18(17)20)24-15-6-3-2-4-7-15/h2-4,6-9,14H,5,10-13,20H2,1H3. The monoisotopic (exact) mass is 325 g/mol. The SMILES string of the molecule is CN1CCCN(C(=O)c2cc(Oc3ccccc3)ccc2N)CC1. The summed E-state index contributed by atoms with van der Waals surface area (Å²) in [6.07, 6.45) is 0.975. The van der Waals surface area contributed by atoms with Crippen molar-refractivity contribution in [3.05, 3.63) is 54.1 Å². The largest absolute Gasteiger partial charge is 0.457 e. The molecule has 0 aliphatic carbocycles. The van der Waals surface area contributed by atoms with Gasteiger partial charge in [0.25, 0.3) is 5.91 Å². The lowest BCUT2D eigenvalue weighted by molar-refractivity contribution is 0.0763. The number of ether oxygens (including phenoxy) is 1. The van der Waals surface area contributed by atoms with Crippen molar-refractivity contribution < 1.29 is 9.53 Å². The van der Waals surface area contributed by atoms with Crippen molar-refractivity contribution in [2.24, 2.45) is 0 Å². The molecule has 126 valence electrons. The normalized spacial score (nSPS) is 15.8. The molecular formula is C19H23N3O2. The molecule has 0 radical (unpaired) electrons. The van der Waals surface area contributed by atoms with Gasteiger partial charge in [0.05, 0.1) is 5.56 Å². The number of nitrogen functional groups attached to an aromatic ring is 1. The van der Waals surface area contributed by atoms with Gasteiger partial charge in [-0.05, 0) is 50.3 Å². The summed E-state index contributed by atoms with van der Waals surface area (Å²) in [6, 6.07) is 14.8. The maximum absolute atomic E-state index is 12.9. The Labute approximate surface area is 142 Å². The summed E-state index contributed by atoms with van der Waals surface area (Å²) in [4.78, 5) is 17.0. The molecule has 1 amide bonds. The minimum absolute atomic E-state index is 0.0266. The van der Waals surface area contributed by atoms with Gasteiger partial charge in [-0.2, -0.15) is 0 Å². The van der Waals surface area contributed by atoms with E-state index < -0.39 is 0 Å². The number of hydrogen-bond donors (Lipinski definition) is 1. The smallest absolute Gasteiger partial charge is 0.256 e. The maximum Gasteiger partial charge on any atom is 0.256 e. The summed E-state index contributed by atoms with van der Waals surface area (Å²) in [5.74, 6) is 1.32. The van der Waals surface area contributed by atoms with E-state index in [-0.39, 0.29) is 5.91 Å². The van der Waals surface area contributed by atoms with Gasteiger partial charge in [0.15, 0.2) is 0 Å². The number of carbonyl (C=O) groups is 1. The highest BCUT2D eigenvalue weighted by atomic mass is 16.5. The Kier molecular flexibility index (Phi) is 5.01. The number of carbonyl (C=O) groups excluding carboxylic acids is 1. The van der Waals surface area contributed by atoms with Crippen molar-refractivity contribution in [2.75, 3.05) is 39.0 Å². The highest BCUT2D eigenvalue weighted by molar-refractivity contribution is 5.99. The molecule has 1 saturated heterocycles. The van der Waals surface area contributed by atoms with E-state index in [0.717, 1.165) is 38.3 Å². The Morgan fingerprint density at radius 3 is 2.58 bits per heavy atom. The van der Waals surface area contributed by atoms with Crippen molar-refractivity contribution >= 4 is 11.6 Å². The van der Waals surface area contributed by atoms with Gasteiger partial charge < -0.3 is 20.3 Å². The molecule has 24 heavy (non-hydrogen) atoms. The van der Waals surface area contributed by atoms with Crippen molar-refractivity contribution in [3.63, 3.8) is 0 Å². The number of nitrogens with zero attached hydrogens (tertiary/aromatic N) is 2. The summed E-state index contributed by atoms with van der Waals surface area (Å²) < 4.78 is 5.82. The Balaban J connectivity index is 1.79. The highest BCUT2D eigenvalue weighted by Crippen LogP contribution is 2.26. The Hall–Kier alpha value is -2.53. The van der Waals surface area contributed by atoms with Gasteiger partial charge in [0, 0.05) is 25.3 Å². The molecule has 0 atom stereocenters. The molecule has 1 fully saturated rings. The van der Waals surface area contributed by atoms with Crippen LogP contribution in [-0.2, 0) is 0 Å². The number of nitrogens with two attached hydrogens (primary N) is 1. The second-order valence-electron chi connectivity index (χ2n) is 6.11. The maximum atomic E-state index is 12.9. The predicted octanol–water partition coefficient (Wildman–Crippen LogP) is 2.84.